The summed E-state index contributed by atoms with van der Waals surface area (Å²) in [6.07, 6.45) is 11.9. The van der Waals surface area contributed by atoms with Gasteiger partial charge in [0.15, 0.2) is 0 Å². The molecule has 0 heterocycles. The van der Waals surface area contributed by atoms with Gasteiger partial charge in [-0.15, -0.1) is 0 Å². The fraction of sp³-hybridized carbons (Fsp3) is 0.655. The smallest absolute Gasteiger partial charge is 0.0633 e. The number of aryl methyl sites for hydroxylation is 1. The van der Waals surface area contributed by atoms with E-state index in [0.717, 1.165) is 25.7 Å². The van der Waals surface area contributed by atoms with Crippen molar-refractivity contribution in [1.82, 2.24) is 0 Å². The van der Waals surface area contributed by atoms with Gasteiger partial charge in [0, 0.05) is 11.8 Å². The first-order valence-electron chi connectivity index (χ1n) is 13.2. The number of allylic oxidation sites excluding steroid dienone is 4. The lowest BCUT2D eigenvalue weighted by Crippen LogP contribution is -2.29. The van der Waals surface area contributed by atoms with Crippen LogP contribution in [-0.2, 0) is 12.8 Å². The standard InChI is InChI=1S/C29H36O4/c30-26-20(27(31)23-17-6-5-16(12-17)22(23)26)9-4-14-2-1-3-15(10-14)11-21-28(32)24-18-7-8-19(13-18)25(24)29(21)33/h1-3,5-8,10,16-33H,4,9,11-13H2. The summed E-state index contributed by atoms with van der Waals surface area (Å²) in [7, 11) is 0. The summed E-state index contributed by atoms with van der Waals surface area (Å²) in [5.41, 5.74) is 2.39. The molecule has 0 aliphatic heterocycles. The summed E-state index contributed by atoms with van der Waals surface area (Å²) in [6.45, 7) is 0. The molecule has 0 spiro atoms. The van der Waals surface area contributed by atoms with Crippen LogP contribution in [0, 0.1) is 59.2 Å². The molecule has 4 fully saturated rings. The first-order chi connectivity index (χ1) is 16.0. The van der Waals surface area contributed by atoms with Crippen LogP contribution < -0.4 is 0 Å². The topological polar surface area (TPSA) is 80.9 Å². The van der Waals surface area contributed by atoms with Crippen LogP contribution in [0.25, 0.3) is 0 Å². The molecule has 33 heavy (non-hydrogen) atoms. The molecule has 4 N–H and O–H groups in total. The summed E-state index contributed by atoms with van der Waals surface area (Å²) in [5.74, 6) is 2.55. The van der Waals surface area contributed by atoms with Crippen LogP contribution in [0.1, 0.15) is 30.4 Å². The molecule has 4 saturated carbocycles. The summed E-state index contributed by atoms with van der Waals surface area (Å²) in [4.78, 5) is 0. The van der Waals surface area contributed by atoms with Crippen LogP contribution in [-0.4, -0.2) is 44.8 Å². The molecule has 4 heteroatoms. The SMILES string of the molecule is OC1C(CCc2cccc(CC3C(O)C4C5C=CC(C5)C4C3O)c2)C(O)C2C3C=CC(C3)C12. The molecule has 4 bridgehead atoms. The number of hydrogen-bond donors (Lipinski definition) is 4. The zero-order valence-corrected chi connectivity index (χ0v) is 19.0. The van der Waals surface area contributed by atoms with Crippen molar-refractivity contribution < 1.29 is 20.4 Å². The van der Waals surface area contributed by atoms with Crippen molar-refractivity contribution >= 4 is 0 Å². The Kier molecular flexibility index (Phi) is 4.76. The maximum absolute atomic E-state index is 11.1. The van der Waals surface area contributed by atoms with Gasteiger partial charge >= 0.3 is 0 Å². The van der Waals surface area contributed by atoms with Crippen LogP contribution in [0.4, 0.5) is 0 Å². The Balaban J connectivity index is 1.02. The summed E-state index contributed by atoms with van der Waals surface area (Å²) in [5, 5.41) is 44.1. The number of fused-ring (bicyclic) bond motifs is 10. The third kappa shape index (κ3) is 2.97. The molecule has 12 atom stereocenters. The molecule has 0 radical (unpaired) electrons. The van der Waals surface area contributed by atoms with E-state index in [9.17, 15) is 20.4 Å². The predicted molar refractivity (Wildman–Crippen MR) is 125 cm³/mol. The largest absolute Gasteiger partial charge is 0.392 e. The van der Waals surface area contributed by atoms with E-state index in [-0.39, 0.29) is 35.5 Å². The van der Waals surface area contributed by atoms with Gasteiger partial charge in [0.1, 0.15) is 0 Å². The normalized spacial score (nSPS) is 52.7. The summed E-state index contributed by atoms with van der Waals surface area (Å²) in [6, 6.07) is 8.52. The molecule has 1 aromatic rings. The van der Waals surface area contributed by atoms with E-state index in [1.165, 1.54) is 11.1 Å². The van der Waals surface area contributed by atoms with Gasteiger partial charge < -0.3 is 20.4 Å². The van der Waals surface area contributed by atoms with Gasteiger partial charge in [0.2, 0.25) is 0 Å². The van der Waals surface area contributed by atoms with E-state index < -0.39 is 24.4 Å². The quantitative estimate of drug-likeness (QED) is 0.522. The second-order valence-corrected chi connectivity index (χ2v) is 12.1. The van der Waals surface area contributed by atoms with E-state index in [2.05, 4.69) is 48.6 Å². The van der Waals surface area contributed by atoms with Crippen LogP contribution in [0.15, 0.2) is 48.6 Å². The van der Waals surface area contributed by atoms with Crippen LogP contribution >= 0.6 is 0 Å². The Hall–Kier alpha value is -1.46. The second kappa shape index (κ2) is 7.52. The fourth-order valence-corrected chi connectivity index (χ4v) is 9.37. The Labute approximate surface area is 196 Å². The van der Waals surface area contributed by atoms with Gasteiger partial charge in [0.25, 0.3) is 0 Å². The van der Waals surface area contributed by atoms with E-state index in [4.69, 9.17) is 0 Å². The molecule has 0 saturated heterocycles. The molecule has 1 aromatic carbocycles. The van der Waals surface area contributed by atoms with Crippen LogP contribution in [0.3, 0.4) is 0 Å². The van der Waals surface area contributed by atoms with Crippen molar-refractivity contribution in [1.29, 1.82) is 0 Å². The third-order valence-electron chi connectivity index (χ3n) is 10.7. The van der Waals surface area contributed by atoms with Crippen molar-refractivity contribution in [3.05, 3.63) is 59.7 Å². The lowest BCUT2D eigenvalue weighted by atomic mass is 9.84. The van der Waals surface area contributed by atoms with Gasteiger partial charge in [0.05, 0.1) is 24.4 Å². The molecule has 176 valence electrons. The second-order valence-electron chi connectivity index (χ2n) is 12.1. The Morgan fingerprint density at radius 3 is 1.58 bits per heavy atom. The minimum absolute atomic E-state index is 0.0466. The lowest BCUT2D eigenvalue weighted by molar-refractivity contribution is 0.0354. The highest BCUT2D eigenvalue weighted by atomic mass is 16.3. The van der Waals surface area contributed by atoms with Gasteiger partial charge in [-0.25, -0.2) is 0 Å². The van der Waals surface area contributed by atoms with Crippen molar-refractivity contribution in [2.24, 2.45) is 59.2 Å². The average molecular weight is 449 g/mol. The van der Waals surface area contributed by atoms with Gasteiger partial charge in [-0.1, -0.05) is 48.6 Å². The highest BCUT2D eigenvalue weighted by Crippen LogP contribution is 2.59. The van der Waals surface area contributed by atoms with Crippen molar-refractivity contribution in [2.75, 3.05) is 0 Å². The molecule has 12 unspecified atom stereocenters. The first-order valence-corrected chi connectivity index (χ1v) is 13.2. The van der Waals surface area contributed by atoms with Gasteiger partial charge in [-0.05, 0) is 90.6 Å². The Bertz CT molecular complexity index is 938. The average Bonchev–Trinajstić information content (AvgIpc) is 3.64. The monoisotopic (exact) mass is 448 g/mol. The lowest BCUT2D eigenvalue weighted by Gasteiger charge is -2.24. The first kappa shape index (κ1) is 20.9. The summed E-state index contributed by atoms with van der Waals surface area (Å²) >= 11 is 0. The molecular formula is C29H36O4. The van der Waals surface area contributed by atoms with E-state index in [0.29, 0.717) is 30.1 Å². The number of aliphatic hydroxyl groups is 4. The molecule has 6 aliphatic carbocycles. The zero-order valence-electron chi connectivity index (χ0n) is 19.0. The molecule has 0 amide bonds. The fourth-order valence-electron chi connectivity index (χ4n) is 9.37. The minimum atomic E-state index is -0.430. The highest BCUT2D eigenvalue weighted by Gasteiger charge is 2.60. The Morgan fingerprint density at radius 2 is 1.06 bits per heavy atom. The van der Waals surface area contributed by atoms with E-state index in [1.54, 1.807) is 0 Å². The number of benzene rings is 1. The third-order valence-corrected chi connectivity index (χ3v) is 10.7. The highest BCUT2D eigenvalue weighted by molar-refractivity contribution is 5.27. The minimum Gasteiger partial charge on any atom is -0.392 e. The molecule has 0 aromatic heterocycles. The van der Waals surface area contributed by atoms with Crippen molar-refractivity contribution in [2.45, 2.75) is 56.5 Å². The maximum Gasteiger partial charge on any atom is 0.0633 e. The number of rotatable bonds is 5. The molecule has 7 rings (SSSR count). The number of hydrogen-bond acceptors (Lipinski definition) is 4. The predicted octanol–water partition coefficient (Wildman–Crippen LogP) is 2.74. The van der Waals surface area contributed by atoms with E-state index in [1.807, 2.05) is 0 Å². The molecule has 4 nitrogen and oxygen atoms in total. The molecular weight excluding hydrogens is 412 g/mol. The zero-order chi connectivity index (χ0) is 22.4. The Morgan fingerprint density at radius 1 is 0.606 bits per heavy atom. The van der Waals surface area contributed by atoms with Gasteiger partial charge in [-0.2, -0.15) is 0 Å². The van der Waals surface area contributed by atoms with Crippen molar-refractivity contribution in [3.63, 3.8) is 0 Å². The van der Waals surface area contributed by atoms with Crippen LogP contribution in [0.2, 0.25) is 0 Å². The van der Waals surface area contributed by atoms with Crippen molar-refractivity contribution in [3.8, 4) is 0 Å². The molecule has 6 aliphatic rings. The van der Waals surface area contributed by atoms with Crippen LogP contribution in [0.5, 0.6) is 0 Å². The maximum atomic E-state index is 11.1. The summed E-state index contributed by atoms with van der Waals surface area (Å²) < 4.78 is 0. The van der Waals surface area contributed by atoms with Gasteiger partial charge in [-0.3, -0.25) is 0 Å². The van der Waals surface area contributed by atoms with E-state index >= 15 is 0 Å². The number of aliphatic hydroxyl groups excluding tert-OH is 4.